The van der Waals surface area contributed by atoms with E-state index >= 15 is 0 Å². The van der Waals surface area contributed by atoms with Gasteiger partial charge in [0.15, 0.2) is 0 Å². The molecule has 3 aliphatic heterocycles. The number of imidazole rings is 1. The van der Waals surface area contributed by atoms with E-state index in [1.807, 2.05) is 31.2 Å². The maximum Gasteiger partial charge on any atom is 0.337 e. The number of amides is 1. The summed E-state index contributed by atoms with van der Waals surface area (Å²) in [6.07, 6.45) is 2.42. The van der Waals surface area contributed by atoms with Crippen LogP contribution in [0.2, 0.25) is 0 Å². The summed E-state index contributed by atoms with van der Waals surface area (Å²) in [5.74, 6) is 1.87. The largest absolute Gasteiger partial charge is 0.337 e. The lowest BCUT2D eigenvalue weighted by atomic mass is 9.65. The summed E-state index contributed by atoms with van der Waals surface area (Å²) in [4.78, 5) is 28.3. The van der Waals surface area contributed by atoms with E-state index in [4.69, 9.17) is 0 Å². The zero-order valence-corrected chi connectivity index (χ0v) is 14.5. The van der Waals surface area contributed by atoms with Crippen LogP contribution in [0.5, 0.6) is 0 Å². The lowest BCUT2D eigenvalue weighted by molar-refractivity contribution is -0.0405. The third-order valence-corrected chi connectivity index (χ3v) is 6.43. The Balaban J connectivity index is 1.49. The topological polar surface area (TPSA) is 59.3 Å². The summed E-state index contributed by atoms with van der Waals surface area (Å²) in [6, 6.07) is 7.48. The third-order valence-electron chi connectivity index (χ3n) is 6.43. The number of piperidine rings is 3. The quantitative estimate of drug-likeness (QED) is 0.906. The first kappa shape index (κ1) is 15.2. The molecule has 132 valence electrons. The fraction of sp³-hybridized carbons (Fsp3) is 0.579. The van der Waals surface area contributed by atoms with Crippen molar-refractivity contribution in [3.8, 4) is 0 Å². The van der Waals surface area contributed by atoms with Crippen molar-refractivity contribution in [2.45, 2.75) is 32.4 Å². The van der Waals surface area contributed by atoms with Crippen molar-refractivity contribution in [3.05, 3.63) is 34.7 Å². The highest BCUT2D eigenvalue weighted by Gasteiger charge is 2.48. The number of nitrogens with zero attached hydrogens (tertiary/aromatic N) is 3. The molecule has 1 amide bonds. The summed E-state index contributed by atoms with van der Waals surface area (Å²) in [6.45, 7) is 5.90. The zero-order chi connectivity index (χ0) is 17.1. The standard InChI is InChI=1S/C19H24N4O2/c1-2-22-15-5-3-4-6-16(15)23(19(22)25)18(24)20-17-13-7-12-8-14(17)11-21(9-12)10-13/h3-6,12-14,17H,2,7-11H2,1H3,(H,20,24). The predicted molar refractivity (Wildman–Crippen MR) is 95.7 cm³/mol. The van der Waals surface area contributed by atoms with Gasteiger partial charge in [0.05, 0.1) is 11.0 Å². The number of rotatable bonds is 2. The highest BCUT2D eigenvalue weighted by molar-refractivity contribution is 5.89. The van der Waals surface area contributed by atoms with Gasteiger partial charge in [-0.05, 0) is 49.7 Å². The minimum Gasteiger partial charge on any atom is -0.334 e. The summed E-state index contributed by atoms with van der Waals surface area (Å²) in [7, 11) is 0. The molecule has 6 nitrogen and oxygen atoms in total. The Morgan fingerprint density at radius 1 is 1.12 bits per heavy atom. The molecule has 25 heavy (non-hydrogen) atoms. The molecule has 1 aliphatic carbocycles. The molecule has 4 fully saturated rings. The second-order valence-electron chi connectivity index (χ2n) is 7.90. The van der Waals surface area contributed by atoms with E-state index in [0.29, 0.717) is 23.9 Å². The molecular weight excluding hydrogens is 316 g/mol. The van der Waals surface area contributed by atoms with Crippen molar-refractivity contribution in [1.82, 2.24) is 19.4 Å². The van der Waals surface area contributed by atoms with Crippen LogP contribution in [0.25, 0.3) is 11.0 Å². The van der Waals surface area contributed by atoms with Crippen molar-refractivity contribution < 1.29 is 4.79 Å². The lowest BCUT2D eigenvalue weighted by Gasteiger charge is -2.55. The molecule has 0 spiro atoms. The average molecular weight is 340 g/mol. The SMILES string of the molecule is CCn1c(=O)n(C(=O)NC2C3CC4CC2CN(C4)C3)c2ccccc21. The van der Waals surface area contributed by atoms with Gasteiger partial charge < -0.3 is 10.2 Å². The number of aromatic nitrogens is 2. The number of carbonyl (C=O) groups excluding carboxylic acids is 1. The second kappa shape index (κ2) is 5.46. The molecule has 4 aliphatic rings. The molecule has 1 aromatic carbocycles. The summed E-state index contributed by atoms with van der Waals surface area (Å²) in [5.41, 5.74) is 1.27. The van der Waals surface area contributed by atoms with Crippen LogP contribution in [0.1, 0.15) is 19.8 Å². The molecule has 6 heteroatoms. The van der Waals surface area contributed by atoms with E-state index in [1.54, 1.807) is 4.57 Å². The van der Waals surface area contributed by atoms with E-state index < -0.39 is 0 Å². The maximum absolute atomic E-state index is 13.0. The molecule has 6 rings (SSSR count). The van der Waals surface area contributed by atoms with Gasteiger partial charge in [0.2, 0.25) is 0 Å². The van der Waals surface area contributed by atoms with Gasteiger partial charge in [-0.25, -0.2) is 14.2 Å². The number of hydrogen-bond donors (Lipinski definition) is 1. The summed E-state index contributed by atoms with van der Waals surface area (Å²) >= 11 is 0. The number of para-hydroxylation sites is 2. The minimum atomic E-state index is -0.263. The molecule has 1 saturated carbocycles. The number of fused-ring (bicyclic) bond motifs is 1. The van der Waals surface area contributed by atoms with Crippen LogP contribution in [0.3, 0.4) is 0 Å². The number of carbonyl (C=O) groups is 1. The molecule has 3 saturated heterocycles. The van der Waals surface area contributed by atoms with Crippen LogP contribution in [0, 0.1) is 17.8 Å². The molecule has 2 aromatic rings. The maximum atomic E-state index is 13.0. The first-order valence-electron chi connectivity index (χ1n) is 9.39. The van der Waals surface area contributed by atoms with Crippen molar-refractivity contribution >= 4 is 17.1 Å². The van der Waals surface area contributed by atoms with Crippen molar-refractivity contribution in [2.24, 2.45) is 17.8 Å². The number of aryl methyl sites for hydroxylation is 1. The molecule has 1 N–H and O–H groups in total. The first-order chi connectivity index (χ1) is 12.2. The Morgan fingerprint density at radius 3 is 2.44 bits per heavy atom. The van der Waals surface area contributed by atoms with Gasteiger partial charge in [-0.2, -0.15) is 0 Å². The van der Waals surface area contributed by atoms with Gasteiger partial charge in [-0.15, -0.1) is 0 Å². The van der Waals surface area contributed by atoms with E-state index in [9.17, 15) is 9.59 Å². The molecule has 2 atom stereocenters. The Kier molecular flexibility index (Phi) is 3.32. The van der Waals surface area contributed by atoms with Gasteiger partial charge in [0.25, 0.3) is 0 Å². The van der Waals surface area contributed by atoms with Crippen LogP contribution >= 0.6 is 0 Å². The fourth-order valence-electron chi connectivity index (χ4n) is 5.56. The molecular formula is C19H24N4O2. The monoisotopic (exact) mass is 340 g/mol. The molecule has 4 bridgehead atoms. The van der Waals surface area contributed by atoms with Crippen LogP contribution in [-0.2, 0) is 6.54 Å². The van der Waals surface area contributed by atoms with Crippen LogP contribution in [-0.4, -0.2) is 45.7 Å². The van der Waals surface area contributed by atoms with Crippen molar-refractivity contribution in [3.63, 3.8) is 0 Å². The molecule has 0 radical (unpaired) electrons. The predicted octanol–water partition coefficient (Wildman–Crippen LogP) is 1.72. The first-order valence-corrected chi connectivity index (χ1v) is 9.39. The Labute approximate surface area is 146 Å². The van der Waals surface area contributed by atoms with Gasteiger partial charge in [-0.1, -0.05) is 12.1 Å². The zero-order valence-electron chi connectivity index (χ0n) is 14.5. The smallest absolute Gasteiger partial charge is 0.334 e. The normalized spacial score (nSPS) is 33.1. The Hall–Kier alpha value is -2.08. The van der Waals surface area contributed by atoms with E-state index in [1.165, 1.54) is 24.0 Å². The minimum absolute atomic E-state index is 0.205. The van der Waals surface area contributed by atoms with Gasteiger partial charge in [-0.3, -0.25) is 4.57 Å². The Bertz CT molecular complexity index is 868. The van der Waals surface area contributed by atoms with Crippen LogP contribution in [0.15, 0.2) is 29.1 Å². The van der Waals surface area contributed by atoms with Gasteiger partial charge in [0, 0.05) is 32.2 Å². The highest BCUT2D eigenvalue weighted by Crippen LogP contribution is 2.43. The average Bonchev–Trinajstić information content (AvgIpc) is 2.88. The number of benzene rings is 1. The van der Waals surface area contributed by atoms with Crippen molar-refractivity contribution in [2.75, 3.05) is 19.6 Å². The van der Waals surface area contributed by atoms with Crippen LogP contribution < -0.4 is 11.0 Å². The lowest BCUT2D eigenvalue weighted by Crippen LogP contribution is -2.65. The van der Waals surface area contributed by atoms with Gasteiger partial charge >= 0.3 is 11.7 Å². The second-order valence-corrected chi connectivity index (χ2v) is 7.90. The van der Waals surface area contributed by atoms with Crippen LogP contribution in [0.4, 0.5) is 4.79 Å². The summed E-state index contributed by atoms with van der Waals surface area (Å²) < 4.78 is 2.99. The summed E-state index contributed by atoms with van der Waals surface area (Å²) in [5, 5.41) is 3.23. The van der Waals surface area contributed by atoms with E-state index in [-0.39, 0.29) is 17.8 Å². The van der Waals surface area contributed by atoms with Crippen molar-refractivity contribution in [1.29, 1.82) is 0 Å². The van der Waals surface area contributed by atoms with E-state index in [0.717, 1.165) is 24.5 Å². The number of hydrogen-bond acceptors (Lipinski definition) is 3. The Morgan fingerprint density at radius 2 is 1.80 bits per heavy atom. The number of nitrogens with one attached hydrogen (secondary N) is 1. The fourth-order valence-corrected chi connectivity index (χ4v) is 5.56. The highest BCUT2D eigenvalue weighted by atomic mass is 16.2. The van der Waals surface area contributed by atoms with Gasteiger partial charge in [0.1, 0.15) is 0 Å². The molecule has 2 unspecified atom stereocenters. The molecule has 1 aromatic heterocycles. The molecule has 4 heterocycles. The third kappa shape index (κ3) is 2.20. The van der Waals surface area contributed by atoms with E-state index in [2.05, 4.69) is 10.2 Å².